The summed E-state index contributed by atoms with van der Waals surface area (Å²) >= 11 is 0. The van der Waals surface area contributed by atoms with Gasteiger partial charge in [-0.2, -0.15) is 0 Å². The van der Waals surface area contributed by atoms with Crippen molar-refractivity contribution in [2.45, 2.75) is 77.6 Å². The second kappa shape index (κ2) is 10.1. The van der Waals surface area contributed by atoms with Crippen molar-refractivity contribution in [2.75, 3.05) is 6.61 Å². The van der Waals surface area contributed by atoms with Gasteiger partial charge in [-0.15, -0.1) is 0 Å². The van der Waals surface area contributed by atoms with E-state index in [1.807, 2.05) is 12.1 Å². The predicted molar refractivity (Wildman–Crippen MR) is 110 cm³/mol. The molecule has 4 heteroatoms. The fourth-order valence-corrected chi connectivity index (χ4v) is 5.16. The highest BCUT2D eigenvalue weighted by molar-refractivity contribution is 5.78. The molecule has 3 atom stereocenters. The predicted octanol–water partition coefficient (Wildman–Crippen LogP) is 5.21. The van der Waals surface area contributed by atoms with Gasteiger partial charge in [0.05, 0.1) is 13.0 Å². The van der Waals surface area contributed by atoms with E-state index in [0.29, 0.717) is 23.5 Å². The summed E-state index contributed by atoms with van der Waals surface area (Å²) in [5, 5.41) is 8.83. The van der Waals surface area contributed by atoms with Crippen LogP contribution in [0.2, 0.25) is 0 Å². The molecular weight excluding hydrogens is 352 g/mol. The monoisotopic (exact) mass is 386 g/mol. The van der Waals surface area contributed by atoms with Crippen LogP contribution in [-0.2, 0) is 22.4 Å². The molecule has 4 nitrogen and oxygen atoms in total. The van der Waals surface area contributed by atoms with Gasteiger partial charge in [-0.05, 0) is 73.5 Å². The van der Waals surface area contributed by atoms with E-state index in [9.17, 15) is 9.59 Å². The molecule has 0 spiro atoms. The number of carboxylic acid groups (broad SMARTS) is 1. The van der Waals surface area contributed by atoms with E-state index in [1.54, 1.807) is 0 Å². The molecule has 1 N–H and O–H groups in total. The molecule has 0 unspecified atom stereocenters. The van der Waals surface area contributed by atoms with Gasteiger partial charge in [0, 0.05) is 12.8 Å². The number of unbranched alkanes of at least 4 members (excludes halogenated alkanes) is 2. The molecule has 1 saturated carbocycles. The zero-order chi connectivity index (χ0) is 19.9. The summed E-state index contributed by atoms with van der Waals surface area (Å²) < 4.78 is 5.79. The minimum atomic E-state index is -0.826. The number of carbonyl (C=O) groups is 2. The van der Waals surface area contributed by atoms with E-state index < -0.39 is 5.97 Å². The number of ether oxygens (including phenoxy) is 1. The molecule has 2 aliphatic carbocycles. The van der Waals surface area contributed by atoms with E-state index in [2.05, 4.69) is 13.0 Å². The van der Waals surface area contributed by atoms with Crippen molar-refractivity contribution in [2.24, 2.45) is 17.8 Å². The molecule has 0 aliphatic heterocycles. The van der Waals surface area contributed by atoms with Gasteiger partial charge in [-0.1, -0.05) is 31.9 Å². The first-order valence-electron chi connectivity index (χ1n) is 11.1. The molecule has 0 saturated heterocycles. The Bertz CT molecular complexity index is 681. The third-order valence-corrected chi connectivity index (χ3v) is 6.70. The van der Waals surface area contributed by atoms with Crippen molar-refractivity contribution >= 4 is 11.8 Å². The summed E-state index contributed by atoms with van der Waals surface area (Å²) in [4.78, 5) is 22.9. The molecule has 0 bridgehead atoms. The Morgan fingerprint density at radius 2 is 1.96 bits per heavy atom. The standard InChI is InChI=1S/C24H34O4/c1-2-3-4-7-20(25)12-11-17-9-10-19-16-22-18(15-21(17)19)6-5-8-23(22)28-14-13-24(26)27/h5-6,8,17,19,21H,2-4,7,9-16H2,1H3,(H,26,27)/t17-,19-,21-/m1/s1. The first kappa shape index (κ1) is 20.9. The van der Waals surface area contributed by atoms with Gasteiger partial charge in [0.1, 0.15) is 11.5 Å². The fourth-order valence-electron chi connectivity index (χ4n) is 5.16. The molecule has 28 heavy (non-hydrogen) atoms. The highest BCUT2D eigenvalue weighted by Crippen LogP contribution is 2.48. The third-order valence-electron chi connectivity index (χ3n) is 6.70. The maximum Gasteiger partial charge on any atom is 0.306 e. The zero-order valence-corrected chi connectivity index (χ0v) is 17.1. The van der Waals surface area contributed by atoms with Crippen LogP contribution in [0, 0.1) is 17.8 Å². The Labute approximate surface area is 168 Å². The van der Waals surface area contributed by atoms with Crippen molar-refractivity contribution in [1.82, 2.24) is 0 Å². The number of Topliss-reactive ketones (excluding diaryl/α,β-unsaturated/α-hetero) is 1. The largest absolute Gasteiger partial charge is 0.493 e. The van der Waals surface area contributed by atoms with Gasteiger partial charge < -0.3 is 9.84 Å². The number of carboxylic acids is 1. The maximum absolute atomic E-state index is 12.2. The molecule has 0 radical (unpaired) electrons. The zero-order valence-electron chi connectivity index (χ0n) is 17.1. The summed E-state index contributed by atoms with van der Waals surface area (Å²) in [6, 6.07) is 6.19. The first-order chi connectivity index (χ1) is 13.6. The van der Waals surface area contributed by atoms with E-state index in [0.717, 1.165) is 50.7 Å². The van der Waals surface area contributed by atoms with Crippen LogP contribution in [0.5, 0.6) is 5.75 Å². The van der Waals surface area contributed by atoms with E-state index in [4.69, 9.17) is 9.84 Å². The van der Waals surface area contributed by atoms with Gasteiger partial charge in [-0.3, -0.25) is 9.59 Å². The second-order valence-electron chi connectivity index (χ2n) is 8.59. The molecule has 1 aromatic carbocycles. The van der Waals surface area contributed by atoms with Crippen molar-refractivity contribution in [3.8, 4) is 5.75 Å². The van der Waals surface area contributed by atoms with Gasteiger partial charge >= 0.3 is 5.97 Å². The second-order valence-corrected chi connectivity index (χ2v) is 8.59. The Morgan fingerprint density at radius 1 is 1.11 bits per heavy atom. The molecule has 0 amide bonds. The minimum absolute atomic E-state index is 0.0318. The van der Waals surface area contributed by atoms with Crippen molar-refractivity contribution < 1.29 is 19.4 Å². The topological polar surface area (TPSA) is 63.6 Å². The van der Waals surface area contributed by atoms with Crippen LogP contribution in [0.25, 0.3) is 0 Å². The highest BCUT2D eigenvalue weighted by atomic mass is 16.5. The smallest absolute Gasteiger partial charge is 0.306 e. The Kier molecular flexibility index (Phi) is 7.52. The summed E-state index contributed by atoms with van der Waals surface area (Å²) in [5.74, 6) is 2.52. The summed E-state index contributed by atoms with van der Waals surface area (Å²) in [6.45, 7) is 2.40. The summed E-state index contributed by atoms with van der Waals surface area (Å²) in [6.07, 6.45) is 10.5. The van der Waals surface area contributed by atoms with Crippen LogP contribution in [0.3, 0.4) is 0 Å². The number of ketones is 1. The lowest BCUT2D eigenvalue weighted by Crippen LogP contribution is -2.26. The Hall–Kier alpha value is -1.84. The van der Waals surface area contributed by atoms with E-state index in [1.165, 1.54) is 30.4 Å². The molecule has 1 aromatic rings. The SMILES string of the molecule is CCCCCC(=O)CC[C@H]1CC[C@@H]2Cc3c(cccc3OCCC(=O)O)C[C@H]12. The van der Waals surface area contributed by atoms with Crippen LogP contribution in [0.1, 0.15) is 75.8 Å². The van der Waals surface area contributed by atoms with Crippen LogP contribution < -0.4 is 4.74 Å². The molecule has 3 rings (SSSR count). The van der Waals surface area contributed by atoms with E-state index >= 15 is 0 Å². The van der Waals surface area contributed by atoms with Gasteiger partial charge in [0.15, 0.2) is 0 Å². The molecule has 1 fully saturated rings. The number of aliphatic carboxylic acids is 1. The lowest BCUT2D eigenvalue weighted by molar-refractivity contribution is -0.137. The number of fused-ring (bicyclic) bond motifs is 2. The quantitative estimate of drug-likeness (QED) is 0.530. The number of benzene rings is 1. The normalized spacial score (nSPS) is 23.1. The average Bonchev–Trinajstić information content (AvgIpc) is 3.07. The maximum atomic E-state index is 12.2. The van der Waals surface area contributed by atoms with Crippen LogP contribution in [0.4, 0.5) is 0 Å². The van der Waals surface area contributed by atoms with E-state index in [-0.39, 0.29) is 13.0 Å². The summed E-state index contributed by atoms with van der Waals surface area (Å²) in [5.41, 5.74) is 2.64. The third kappa shape index (κ3) is 5.36. The Balaban J connectivity index is 1.56. The lowest BCUT2D eigenvalue weighted by atomic mass is 9.73. The van der Waals surface area contributed by atoms with Crippen LogP contribution in [-0.4, -0.2) is 23.5 Å². The Morgan fingerprint density at radius 3 is 2.75 bits per heavy atom. The number of rotatable bonds is 11. The molecule has 2 aliphatic rings. The molecule has 0 aromatic heterocycles. The highest BCUT2D eigenvalue weighted by Gasteiger charge is 2.39. The van der Waals surface area contributed by atoms with Crippen molar-refractivity contribution in [3.05, 3.63) is 29.3 Å². The number of hydrogen-bond acceptors (Lipinski definition) is 3. The minimum Gasteiger partial charge on any atom is -0.493 e. The van der Waals surface area contributed by atoms with Gasteiger partial charge in [-0.25, -0.2) is 0 Å². The molecule has 154 valence electrons. The number of carbonyl (C=O) groups excluding carboxylic acids is 1. The molecular formula is C24H34O4. The molecule has 0 heterocycles. The summed E-state index contributed by atoms with van der Waals surface area (Å²) in [7, 11) is 0. The van der Waals surface area contributed by atoms with Crippen LogP contribution >= 0.6 is 0 Å². The van der Waals surface area contributed by atoms with Crippen molar-refractivity contribution in [3.63, 3.8) is 0 Å². The fraction of sp³-hybridized carbons (Fsp3) is 0.667. The average molecular weight is 387 g/mol. The van der Waals surface area contributed by atoms with Gasteiger partial charge in [0.25, 0.3) is 0 Å². The van der Waals surface area contributed by atoms with Crippen LogP contribution in [0.15, 0.2) is 18.2 Å². The number of hydrogen-bond donors (Lipinski definition) is 1. The lowest BCUT2D eigenvalue weighted by Gasteiger charge is -2.32. The first-order valence-corrected chi connectivity index (χ1v) is 11.1. The van der Waals surface area contributed by atoms with Crippen molar-refractivity contribution in [1.29, 1.82) is 0 Å². The van der Waals surface area contributed by atoms with Gasteiger partial charge in [0.2, 0.25) is 0 Å².